The van der Waals surface area contributed by atoms with Crippen molar-refractivity contribution in [2.75, 3.05) is 18.5 Å². The molecular weight excluding hydrogens is 270 g/mol. The summed E-state index contributed by atoms with van der Waals surface area (Å²) in [7, 11) is 2.10. The van der Waals surface area contributed by atoms with Crippen molar-refractivity contribution < 1.29 is 4.42 Å². The molecule has 0 aliphatic carbocycles. The van der Waals surface area contributed by atoms with Crippen LogP contribution in [-0.4, -0.2) is 13.6 Å². The van der Waals surface area contributed by atoms with Crippen LogP contribution in [0, 0.1) is 13.8 Å². The van der Waals surface area contributed by atoms with Crippen LogP contribution in [0.4, 0.5) is 5.88 Å². The first-order chi connectivity index (χ1) is 10.6. The Labute approximate surface area is 132 Å². The zero-order valence-corrected chi connectivity index (χ0v) is 13.8. The number of furan rings is 1. The minimum atomic E-state index is 0.958. The SMILES string of the molecule is CCCN(C)c1oc2ccc(C)cc2c1-c1ccc(C)cc1. The second-order valence-corrected chi connectivity index (χ2v) is 6.07. The molecule has 1 aromatic heterocycles. The number of nitrogens with zero attached hydrogens (tertiary/aromatic N) is 1. The van der Waals surface area contributed by atoms with Crippen LogP contribution >= 0.6 is 0 Å². The van der Waals surface area contributed by atoms with Gasteiger partial charge in [0.15, 0.2) is 0 Å². The minimum absolute atomic E-state index is 0.958. The van der Waals surface area contributed by atoms with Crippen LogP contribution in [0.3, 0.4) is 0 Å². The van der Waals surface area contributed by atoms with Crippen LogP contribution in [0.2, 0.25) is 0 Å². The van der Waals surface area contributed by atoms with Crippen LogP contribution in [0.25, 0.3) is 22.1 Å². The Balaban J connectivity index is 2.25. The van der Waals surface area contributed by atoms with Crippen LogP contribution in [-0.2, 0) is 0 Å². The van der Waals surface area contributed by atoms with Crippen molar-refractivity contribution in [3.8, 4) is 11.1 Å². The van der Waals surface area contributed by atoms with E-state index in [0.717, 1.165) is 24.4 Å². The molecule has 0 unspecified atom stereocenters. The molecule has 2 aromatic carbocycles. The lowest BCUT2D eigenvalue weighted by Gasteiger charge is -2.17. The van der Waals surface area contributed by atoms with Gasteiger partial charge in [-0.2, -0.15) is 0 Å². The van der Waals surface area contributed by atoms with Gasteiger partial charge in [-0.05, 0) is 38.0 Å². The van der Waals surface area contributed by atoms with Crippen molar-refractivity contribution >= 4 is 16.9 Å². The molecule has 0 aliphatic rings. The van der Waals surface area contributed by atoms with Gasteiger partial charge >= 0.3 is 0 Å². The summed E-state index contributed by atoms with van der Waals surface area (Å²) in [6.07, 6.45) is 1.10. The van der Waals surface area contributed by atoms with E-state index in [0.29, 0.717) is 0 Å². The standard InChI is InChI=1S/C20H23NO/c1-5-12-21(4)20-19(16-9-6-14(2)7-10-16)17-13-15(3)8-11-18(17)22-20/h6-11,13H,5,12H2,1-4H3. The minimum Gasteiger partial charge on any atom is -0.440 e. The molecule has 0 atom stereocenters. The van der Waals surface area contributed by atoms with E-state index < -0.39 is 0 Å². The molecule has 0 amide bonds. The van der Waals surface area contributed by atoms with E-state index in [-0.39, 0.29) is 0 Å². The maximum atomic E-state index is 6.18. The Morgan fingerprint density at radius 2 is 1.64 bits per heavy atom. The van der Waals surface area contributed by atoms with E-state index >= 15 is 0 Å². The molecule has 0 saturated carbocycles. The molecule has 2 nitrogen and oxygen atoms in total. The smallest absolute Gasteiger partial charge is 0.204 e. The summed E-state index contributed by atoms with van der Waals surface area (Å²) >= 11 is 0. The van der Waals surface area contributed by atoms with Crippen LogP contribution < -0.4 is 4.90 Å². The third kappa shape index (κ3) is 2.61. The topological polar surface area (TPSA) is 16.4 Å². The number of hydrogen-bond donors (Lipinski definition) is 0. The maximum absolute atomic E-state index is 6.18. The molecule has 0 saturated heterocycles. The summed E-state index contributed by atoms with van der Waals surface area (Å²) in [4.78, 5) is 2.21. The third-order valence-electron chi connectivity index (χ3n) is 4.07. The summed E-state index contributed by atoms with van der Waals surface area (Å²) in [6.45, 7) is 7.42. The van der Waals surface area contributed by atoms with Gasteiger partial charge in [-0.3, -0.25) is 0 Å². The molecule has 3 aromatic rings. The number of anilines is 1. The normalized spacial score (nSPS) is 11.1. The molecule has 22 heavy (non-hydrogen) atoms. The van der Waals surface area contributed by atoms with Crippen LogP contribution in [0.15, 0.2) is 46.9 Å². The van der Waals surface area contributed by atoms with Gasteiger partial charge < -0.3 is 9.32 Å². The van der Waals surface area contributed by atoms with Gasteiger partial charge in [0.1, 0.15) is 5.58 Å². The predicted octanol–water partition coefficient (Wildman–Crippen LogP) is 5.56. The van der Waals surface area contributed by atoms with E-state index in [1.165, 1.54) is 27.6 Å². The summed E-state index contributed by atoms with van der Waals surface area (Å²) in [6, 6.07) is 15.1. The van der Waals surface area contributed by atoms with Gasteiger partial charge in [0, 0.05) is 19.0 Å². The molecule has 0 N–H and O–H groups in total. The van der Waals surface area contributed by atoms with Crippen LogP contribution in [0.5, 0.6) is 0 Å². The van der Waals surface area contributed by atoms with Gasteiger partial charge in [0.05, 0.1) is 5.56 Å². The third-order valence-corrected chi connectivity index (χ3v) is 4.07. The molecule has 3 rings (SSSR count). The number of hydrogen-bond acceptors (Lipinski definition) is 2. The molecule has 1 heterocycles. The fourth-order valence-corrected chi connectivity index (χ4v) is 2.90. The number of aryl methyl sites for hydroxylation is 2. The monoisotopic (exact) mass is 293 g/mol. The van der Waals surface area contributed by atoms with E-state index in [4.69, 9.17) is 4.42 Å². The van der Waals surface area contributed by atoms with Crippen molar-refractivity contribution in [2.24, 2.45) is 0 Å². The van der Waals surface area contributed by atoms with Crippen molar-refractivity contribution in [1.29, 1.82) is 0 Å². The second kappa shape index (κ2) is 5.88. The Morgan fingerprint density at radius 3 is 2.32 bits per heavy atom. The first kappa shape index (κ1) is 14.7. The van der Waals surface area contributed by atoms with Gasteiger partial charge in [-0.25, -0.2) is 0 Å². The highest BCUT2D eigenvalue weighted by Crippen LogP contribution is 2.40. The van der Waals surface area contributed by atoms with Crippen molar-refractivity contribution in [3.63, 3.8) is 0 Å². The highest BCUT2D eigenvalue weighted by molar-refractivity contribution is 6.00. The van der Waals surface area contributed by atoms with Gasteiger partial charge in [-0.15, -0.1) is 0 Å². The molecule has 0 aliphatic heterocycles. The van der Waals surface area contributed by atoms with E-state index in [2.05, 4.69) is 75.2 Å². The fourth-order valence-electron chi connectivity index (χ4n) is 2.90. The first-order valence-corrected chi connectivity index (χ1v) is 7.91. The molecule has 0 spiro atoms. The van der Waals surface area contributed by atoms with Gasteiger partial charge in [0.2, 0.25) is 5.88 Å². The quantitative estimate of drug-likeness (QED) is 0.626. The van der Waals surface area contributed by atoms with Gasteiger partial charge in [-0.1, -0.05) is 48.4 Å². The molecule has 0 bridgehead atoms. The fraction of sp³-hybridized carbons (Fsp3) is 0.300. The Morgan fingerprint density at radius 1 is 0.955 bits per heavy atom. The molecular formula is C20H23NO. The lowest BCUT2D eigenvalue weighted by Crippen LogP contribution is -2.17. The maximum Gasteiger partial charge on any atom is 0.204 e. The molecule has 0 radical (unpaired) electrons. The second-order valence-electron chi connectivity index (χ2n) is 6.07. The zero-order valence-electron chi connectivity index (χ0n) is 13.8. The highest BCUT2D eigenvalue weighted by atomic mass is 16.4. The van der Waals surface area contributed by atoms with Crippen molar-refractivity contribution in [2.45, 2.75) is 27.2 Å². The Kier molecular flexibility index (Phi) is 3.93. The first-order valence-electron chi connectivity index (χ1n) is 7.91. The molecule has 0 fully saturated rings. The van der Waals surface area contributed by atoms with E-state index in [9.17, 15) is 0 Å². The van der Waals surface area contributed by atoms with E-state index in [1.807, 2.05) is 0 Å². The number of fused-ring (bicyclic) bond motifs is 1. The largest absolute Gasteiger partial charge is 0.440 e. The lowest BCUT2D eigenvalue weighted by atomic mass is 10.0. The zero-order chi connectivity index (χ0) is 15.7. The summed E-state index contributed by atoms with van der Waals surface area (Å²) in [5, 5.41) is 1.20. The average molecular weight is 293 g/mol. The lowest BCUT2D eigenvalue weighted by molar-refractivity contribution is 0.596. The number of benzene rings is 2. The Bertz CT molecular complexity index is 783. The van der Waals surface area contributed by atoms with Crippen molar-refractivity contribution in [1.82, 2.24) is 0 Å². The van der Waals surface area contributed by atoms with Crippen molar-refractivity contribution in [3.05, 3.63) is 53.6 Å². The average Bonchev–Trinajstić information content (AvgIpc) is 2.87. The number of rotatable bonds is 4. The van der Waals surface area contributed by atoms with E-state index in [1.54, 1.807) is 0 Å². The van der Waals surface area contributed by atoms with Gasteiger partial charge in [0.25, 0.3) is 0 Å². The Hall–Kier alpha value is -2.22. The predicted molar refractivity (Wildman–Crippen MR) is 94.7 cm³/mol. The highest BCUT2D eigenvalue weighted by Gasteiger charge is 2.18. The molecule has 2 heteroatoms. The summed E-state index contributed by atoms with van der Waals surface area (Å²) in [5.74, 6) is 0.964. The molecule has 114 valence electrons. The van der Waals surface area contributed by atoms with Crippen LogP contribution in [0.1, 0.15) is 24.5 Å². The summed E-state index contributed by atoms with van der Waals surface area (Å²) < 4.78 is 6.18. The summed E-state index contributed by atoms with van der Waals surface area (Å²) in [5.41, 5.74) is 5.91.